The third-order valence-corrected chi connectivity index (χ3v) is 6.83. The van der Waals surface area contributed by atoms with Crippen molar-refractivity contribution >= 4 is 45.8 Å². The largest absolute Gasteiger partial charge is 0.495 e. The van der Waals surface area contributed by atoms with E-state index in [-0.39, 0.29) is 17.7 Å². The number of para-hydroxylation sites is 4. The fourth-order valence-corrected chi connectivity index (χ4v) is 4.76. The number of halogens is 2. The highest BCUT2D eigenvalue weighted by atomic mass is 35.5. The number of carbonyl (C=O) groups is 1. The van der Waals surface area contributed by atoms with E-state index in [2.05, 4.69) is 10.6 Å². The fourth-order valence-electron chi connectivity index (χ4n) is 4.25. The highest BCUT2D eigenvalue weighted by Gasteiger charge is 2.52. The Kier molecular flexibility index (Phi) is 4.48. The predicted molar refractivity (Wildman–Crippen MR) is 115 cm³/mol. The number of aromatic nitrogens is 2. The Bertz CT molecular complexity index is 1090. The summed E-state index contributed by atoms with van der Waals surface area (Å²) >= 11 is 12.6. The summed E-state index contributed by atoms with van der Waals surface area (Å²) in [6, 6.07) is 15.7. The third kappa shape index (κ3) is 3.26. The summed E-state index contributed by atoms with van der Waals surface area (Å²) in [5.41, 5.74) is 2.79. The van der Waals surface area contributed by atoms with Gasteiger partial charge in [-0.3, -0.25) is 4.79 Å². The maximum Gasteiger partial charge on any atom is 0.227 e. The van der Waals surface area contributed by atoms with Crippen LogP contribution < -0.4 is 9.64 Å². The number of rotatable bonds is 5. The molecule has 0 spiro atoms. The predicted octanol–water partition coefficient (Wildman–Crippen LogP) is 4.76. The molecule has 1 aliphatic heterocycles. The SMILES string of the molecule is COc1ccccc1N1C[C@H](c2nc3ccccc3n2C[C@@H]2CC2(Cl)Cl)CC1=O. The molecule has 1 saturated carbocycles. The van der Waals surface area contributed by atoms with Gasteiger partial charge in [-0.1, -0.05) is 24.3 Å². The summed E-state index contributed by atoms with van der Waals surface area (Å²) < 4.78 is 7.01. The van der Waals surface area contributed by atoms with Crippen molar-refractivity contribution in [3.05, 3.63) is 54.4 Å². The second kappa shape index (κ2) is 6.92. The lowest BCUT2D eigenvalue weighted by molar-refractivity contribution is -0.117. The number of fused-ring (bicyclic) bond motifs is 1. The van der Waals surface area contributed by atoms with Gasteiger partial charge in [0.25, 0.3) is 0 Å². The molecule has 150 valence electrons. The first-order valence-electron chi connectivity index (χ1n) is 9.74. The summed E-state index contributed by atoms with van der Waals surface area (Å²) in [7, 11) is 1.62. The topological polar surface area (TPSA) is 47.4 Å². The van der Waals surface area contributed by atoms with E-state index in [1.807, 2.05) is 42.5 Å². The number of anilines is 1. The highest BCUT2D eigenvalue weighted by Crippen LogP contribution is 2.54. The number of hydrogen-bond acceptors (Lipinski definition) is 3. The van der Waals surface area contributed by atoms with Gasteiger partial charge in [0.15, 0.2) is 0 Å². The summed E-state index contributed by atoms with van der Waals surface area (Å²) in [5.74, 6) is 1.90. The molecular formula is C22H21Cl2N3O2. The van der Waals surface area contributed by atoms with E-state index < -0.39 is 4.33 Å². The maximum absolute atomic E-state index is 12.9. The molecule has 0 N–H and O–H groups in total. The number of nitrogens with zero attached hydrogens (tertiary/aromatic N) is 3. The van der Waals surface area contributed by atoms with Crippen LogP contribution in [0.3, 0.4) is 0 Å². The number of methoxy groups -OCH3 is 1. The van der Waals surface area contributed by atoms with Crippen LogP contribution in [0.1, 0.15) is 24.6 Å². The van der Waals surface area contributed by atoms with Gasteiger partial charge in [0.2, 0.25) is 5.91 Å². The molecule has 1 saturated heterocycles. The fraction of sp³-hybridized carbons (Fsp3) is 0.364. The quantitative estimate of drug-likeness (QED) is 0.549. The lowest BCUT2D eigenvalue weighted by atomic mass is 10.1. The molecule has 3 aromatic rings. The lowest BCUT2D eigenvalue weighted by Crippen LogP contribution is -2.25. The zero-order valence-corrected chi connectivity index (χ0v) is 17.5. The Morgan fingerprint density at radius 3 is 2.66 bits per heavy atom. The Hall–Kier alpha value is -2.24. The van der Waals surface area contributed by atoms with Gasteiger partial charge in [0.1, 0.15) is 15.9 Å². The van der Waals surface area contributed by atoms with Crippen molar-refractivity contribution < 1.29 is 9.53 Å². The number of ether oxygens (including phenoxy) is 1. The summed E-state index contributed by atoms with van der Waals surface area (Å²) in [5, 5.41) is 0. The van der Waals surface area contributed by atoms with Gasteiger partial charge in [0.05, 0.1) is 23.8 Å². The normalized spacial score (nSPS) is 23.0. The van der Waals surface area contributed by atoms with Crippen molar-refractivity contribution in [2.24, 2.45) is 5.92 Å². The molecule has 2 fully saturated rings. The first kappa shape index (κ1) is 18.8. The Morgan fingerprint density at radius 2 is 1.90 bits per heavy atom. The molecule has 2 atom stereocenters. The molecular weight excluding hydrogens is 409 g/mol. The maximum atomic E-state index is 12.9. The van der Waals surface area contributed by atoms with E-state index in [9.17, 15) is 4.79 Å². The first-order valence-corrected chi connectivity index (χ1v) is 10.5. The Labute approximate surface area is 179 Å². The molecule has 7 heteroatoms. The average molecular weight is 430 g/mol. The third-order valence-electron chi connectivity index (χ3n) is 5.91. The molecule has 2 aliphatic rings. The number of hydrogen-bond donors (Lipinski definition) is 0. The van der Waals surface area contributed by atoms with Crippen molar-refractivity contribution in [3.8, 4) is 5.75 Å². The minimum atomic E-state index is -0.655. The van der Waals surface area contributed by atoms with E-state index in [1.165, 1.54) is 0 Å². The average Bonchev–Trinajstić information content (AvgIpc) is 3.04. The van der Waals surface area contributed by atoms with Crippen LogP contribution in [0.2, 0.25) is 0 Å². The summed E-state index contributed by atoms with van der Waals surface area (Å²) in [4.78, 5) is 19.6. The summed E-state index contributed by atoms with van der Waals surface area (Å²) in [6.07, 6.45) is 1.19. The molecule has 1 aliphatic carbocycles. The molecule has 0 radical (unpaired) electrons. The van der Waals surface area contributed by atoms with E-state index in [4.69, 9.17) is 32.9 Å². The van der Waals surface area contributed by atoms with Crippen molar-refractivity contribution in [2.75, 3.05) is 18.6 Å². The van der Waals surface area contributed by atoms with Gasteiger partial charge >= 0.3 is 0 Å². The van der Waals surface area contributed by atoms with Crippen molar-refractivity contribution in [1.29, 1.82) is 0 Å². The molecule has 2 aromatic carbocycles. The second-order valence-corrected chi connectivity index (χ2v) is 9.35. The standard InChI is InChI=1S/C22H21Cl2N3O2/c1-29-19-9-5-4-8-18(19)26-12-14(10-20(26)28)21-25-16-6-2-3-7-17(16)27(21)13-15-11-22(15,23)24/h2-9,14-15H,10-13H2,1H3/t14-,15+/m1/s1. The monoisotopic (exact) mass is 429 g/mol. The molecule has 29 heavy (non-hydrogen) atoms. The van der Waals surface area contributed by atoms with Gasteiger partial charge in [-0.25, -0.2) is 4.98 Å². The van der Waals surface area contributed by atoms with Crippen LogP contribution in [0.4, 0.5) is 5.69 Å². The zero-order valence-electron chi connectivity index (χ0n) is 16.0. The molecule has 1 amide bonds. The number of benzene rings is 2. The minimum absolute atomic E-state index is 0.00128. The number of amides is 1. The van der Waals surface area contributed by atoms with Gasteiger partial charge in [-0.2, -0.15) is 0 Å². The smallest absolute Gasteiger partial charge is 0.227 e. The van der Waals surface area contributed by atoms with Gasteiger partial charge in [0, 0.05) is 31.3 Å². The van der Waals surface area contributed by atoms with E-state index in [0.717, 1.165) is 29.0 Å². The van der Waals surface area contributed by atoms with Crippen LogP contribution in [0.15, 0.2) is 48.5 Å². The molecule has 0 unspecified atom stereocenters. The Balaban J connectivity index is 1.50. The van der Waals surface area contributed by atoms with Gasteiger partial charge < -0.3 is 14.2 Å². The number of carbonyl (C=O) groups excluding carboxylic acids is 1. The van der Waals surface area contributed by atoms with Crippen LogP contribution in [0, 0.1) is 5.92 Å². The van der Waals surface area contributed by atoms with Crippen molar-refractivity contribution in [2.45, 2.75) is 29.6 Å². The van der Waals surface area contributed by atoms with E-state index in [0.29, 0.717) is 25.3 Å². The zero-order chi connectivity index (χ0) is 20.2. The molecule has 5 nitrogen and oxygen atoms in total. The Morgan fingerprint density at radius 1 is 1.17 bits per heavy atom. The molecule has 1 aromatic heterocycles. The van der Waals surface area contributed by atoms with E-state index >= 15 is 0 Å². The molecule has 0 bridgehead atoms. The van der Waals surface area contributed by atoms with Crippen molar-refractivity contribution in [1.82, 2.24) is 9.55 Å². The van der Waals surface area contributed by atoms with Crippen LogP contribution in [0.5, 0.6) is 5.75 Å². The first-order chi connectivity index (χ1) is 14.0. The van der Waals surface area contributed by atoms with Crippen LogP contribution in [0.25, 0.3) is 11.0 Å². The highest BCUT2D eigenvalue weighted by molar-refractivity contribution is 6.50. The molecule has 2 heterocycles. The van der Waals surface area contributed by atoms with Gasteiger partial charge in [-0.05, 0) is 30.7 Å². The number of imidazole rings is 1. The molecule has 5 rings (SSSR count). The minimum Gasteiger partial charge on any atom is -0.495 e. The van der Waals surface area contributed by atoms with Crippen LogP contribution in [-0.2, 0) is 11.3 Å². The van der Waals surface area contributed by atoms with Crippen LogP contribution in [-0.4, -0.2) is 33.4 Å². The van der Waals surface area contributed by atoms with Gasteiger partial charge in [-0.15, -0.1) is 23.2 Å². The number of alkyl halides is 2. The van der Waals surface area contributed by atoms with Crippen LogP contribution >= 0.6 is 23.2 Å². The van der Waals surface area contributed by atoms with E-state index in [1.54, 1.807) is 12.0 Å². The second-order valence-electron chi connectivity index (χ2n) is 7.81. The lowest BCUT2D eigenvalue weighted by Gasteiger charge is -2.20. The van der Waals surface area contributed by atoms with Crippen molar-refractivity contribution in [3.63, 3.8) is 0 Å². The summed E-state index contributed by atoms with van der Waals surface area (Å²) in [6.45, 7) is 1.28.